The Morgan fingerprint density at radius 3 is 2.65 bits per heavy atom. The number of nitrogens with one attached hydrogen (secondary N) is 1. The molecule has 1 aliphatic rings. The Balaban J connectivity index is 2.07. The van der Waals surface area contributed by atoms with Crippen LogP contribution >= 0.6 is 0 Å². The van der Waals surface area contributed by atoms with E-state index in [1.165, 1.54) is 12.1 Å². The number of aliphatic hydroxyl groups excluding tert-OH is 1. The molecule has 2 rings (SSSR count). The van der Waals surface area contributed by atoms with E-state index in [9.17, 15) is 9.50 Å². The normalized spacial score (nSPS) is 22.9. The van der Waals surface area contributed by atoms with Crippen molar-refractivity contribution in [3.63, 3.8) is 0 Å². The molecule has 1 aromatic carbocycles. The quantitative estimate of drug-likeness (QED) is 0.826. The van der Waals surface area contributed by atoms with Crippen molar-refractivity contribution in [2.75, 3.05) is 0 Å². The Hall–Kier alpha value is -0.930. The van der Waals surface area contributed by atoms with E-state index in [1.807, 2.05) is 0 Å². The second-order valence-corrected chi connectivity index (χ2v) is 6.07. The Morgan fingerprint density at radius 1 is 1.35 bits per heavy atom. The summed E-state index contributed by atoms with van der Waals surface area (Å²) in [4.78, 5) is 0. The van der Waals surface area contributed by atoms with Crippen molar-refractivity contribution >= 4 is 0 Å². The zero-order valence-electron chi connectivity index (χ0n) is 12.5. The molecule has 0 radical (unpaired) electrons. The molecule has 2 N–H and O–H groups in total. The summed E-state index contributed by atoms with van der Waals surface area (Å²) in [5.74, 6) is -0.284. The predicted molar refractivity (Wildman–Crippen MR) is 80.1 cm³/mol. The lowest BCUT2D eigenvalue weighted by Gasteiger charge is -2.31. The summed E-state index contributed by atoms with van der Waals surface area (Å²) in [7, 11) is 0. The smallest absolute Gasteiger partial charge is 0.123 e. The first kappa shape index (κ1) is 15.5. The van der Waals surface area contributed by atoms with Crippen LogP contribution in [0.3, 0.4) is 0 Å². The molecule has 0 bridgehead atoms. The molecule has 1 aromatic rings. The van der Waals surface area contributed by atoms with Crippen LogP contribution in [-0.2, 0) is 0 Å². The van der Waals surface area contributed by atoms with Crippen LogP contribution in [0.25, 0.3) is 0 Å². The highest BCUT2D eigenvalue weighted by molar-refractivity contribution is 5.21. The summed E-state index contributed by atoms with van der Waals surface area (Å²) >= 11 is 0. The third-order valence-electron chi connectivity index (χ3n) is 4.45. The first-order valence-electron chi connectivity index (χ1n) is 7.81. The van der Waals surface area contributed by atoms with Crippen LogP contribution < -0.4 is 5.32 Å². The first-order valence-corrected chi connectivity index (χ1v) is 7.81. The fourth-order valence-electron chi connectivity index (χ4n) is 3.61. The molecule has 1 heterocycles. The third kappa shape index (κ3) is 3.39. The molecule has 0 unspecified atom stereocenters. The van der Waals surface area contributed by atoms with Gasteiger partial charge in [-0.15, -0.1) is 0 Å². The number of benzene rings is 1. The van der Waals surface area contributed by atoms with E-state index in [4.69, 9.17) is 0 Å². The van der Waals surface area contributed by atoms with Gasteiger partial charge in [-0.2, -0.15) is 0 Å². The van der Waals surface area contributed by atoms with Gasteiger partial charge in [-0.25, -0.2) is 4.39 Å². The van der Waals surface area contributed by atoms with Crippen molar-refractivity contribution < 1.29 is 9.50 Å². The summed E-state index contributed by atoms with van der Waals surface area (Å²) in [6, 6.07) is 6.35. The zero-order chi connectivity index (χ0) is 14.6. The third-order valence-corrected chi connectivity index (χ3v) is 4.45. The van der Waals surface area contributed by atoms with E-state index < -0.39 is 6.10 Å². The van der Waals surface area contributed by atoms with Crippen molar-refractivity contribution in [1.82, 2.24) is 5.32 Å². The Labute approximate surface area is 121 Å². The van der Waals surface area contributed by atoms with Crippen LogP contribution in [-0.4, -0.2) is 16.7 Å². The van der Waals surface area contributed by atoms with E-state index in [1.54, 1.807) is 12.1 Å². The highest BCUT2D eigenvalue weighted by atomic mass is 19.1. The molecule has 1 saturated heterocycles. The maximum Gasteiger partial charge on any atom is 0.123 e. The summed E-state index contributed by atoms with van der Waals surface area (Å²) < 4.78 is 13.3. The van der Waals surface area contributed by atoms with Gasteiger partial charge in [0.15, 0.2) is 0 Å². The van der Waals surface area contributed by atoms with Gasteiger partial charge in [0, 0.05) is 11.6 Å². The molecule has 20 heavy (non-hydrogen) atoms. The minimum absolute atomic E-state index is 0.0369. The van der Waals surface area contributed by atoms with E-state index in [2.05, 4.69) is 19.2 Å². The van der Waals surface area contributed by atoms with Gasteiger partial charge in [0.05, 0.1) is 6.10 Å². The number of rotatable bonds is 6. The van der Waals surface area contributed by atoms with Gasteiger partial charge in [0.2, 0.25) is 0 Å². The van der Waals surface area contributed by atoms with Crippen molar-refractivity contribution in [1.29, 1.82) is 0 Å². The van der Waals surface area contributed by atoms with E-state index in [0.29, 0.717) is 5.56 Å². The molecule has 0 aliphatic carbocycles. The summed E-state index contributed by atoms with van der Waals surface area (Å²) in [5, 5.41) is 14.1. The molecule has 0 aromatic heterocycles. The van der Waals surface area contributed by atoms with Crippen LogP contribution in [0, 0.1) is 5.82 Å². The second kappa shape index (κ2) is 6.68. The van der Waals surface area contributed by atoms with Crippen molar-refractivity contribution in [2.45, 2.75) is 70.1 Å². The maximum atomic E-state index is 13.3. The standard InChI is InChI=1S/C17H26FNO/c1-3-9-17(10-4-2)11-8-15(19-17)16(20)13-6-5-7-14(18)12-13/h5-7,12,15-16,19-20H,3-4,8-11H2,1-2H3/t15-,16+/m1/s1. The molecule has 0 spiro atoms. The molecule has 0 saturated carbocycles. The monoisotopic (exact) mass is 279 g/mol. The summed E-state index contributed by atoms with van der Waals surface area (Å²) in [5.41, 5.74) is 0.842. The average molecular weight is 279 g/mol. The van der Waals surface area contributed by atoms with Crippen LogP contribution in [0.5, 0.6) is 0 Å². The largest absolute Gasteiger partial charge is 0.387 e. The first-order chi connectivity index (χ1) is 9.60. The lowest BCUT2D eigenvalue weighted by molar-refractivity contribution is 0.126. The molecular weight excluding hydrogens is 253 g/mol. The molecular formula is C17H26FNO. The lowest BCUT2D eigenvalue weighted by atomic mass is 9.87. The van der Waals surface area contributed by atoms with Gasteiger partial charge in [-0.1, -0.05) is 38.8 Å². The van der Waals surface area contributed by atoms with E-state index >= 15 is 0 Å². The lowest BCUT2D eigenvalue weighted by Crippen LogP contribution is -2.44. The predicted octanol–water partition coefficient (Wildman–Crippen LogP) is 3.95. The summed E-state index contributed by atoms with van der Waals surface area (Å²) in [6.07, 6.45) is 6.02. The second-order valence-electron chi connectivity index (χ2n) is 6.07. The minimum atomic E-state index is -0.624. The molecule has 1 aliphatic heterocycles. The number of aliphatic hydroxyl groups is 1. The summed E-state index contributed by atoms with van der Waals surface area (Å²) in [6.45, 7) is 4.41. The van der Waals surface area contributed by atoms with Gasteiger partial charge in [-0.05, 0) is 43.4 Å². The van der Waals surface area contributed by atoms with E-state index in [-0.39, 0.29) is 17.4 Å². The van der Waals surface area contributed by atoms with Gasteiger partial charge in [0.1, 0.15) is 5.82 Å². The minimum Gasteiger partial charge on any atom is -0.387 e. The number of halogens is 1. The Morgan fingerprint density at radius 2 is 2.05 bits per heavy atom. The molecule has 1 fully saturated rings. The topological polar surface area (TPSA) is 32.3 Å². The van der Waals surface area contributed by atoms with Crippen LogP contribution in [0.2, 0.25) is 0 Å². The highest BCUT2D eigenvalue weighted by Gasteiger charge is 2.39. The zero-order valence-corrected chi connectivity index (χ0v) is 12.5. The van der Waals surface area contributed by atoms with Gasteiger partial charge < -0.3 is 10.4 Å². The Kier molecular flexibility index (Phi) is 5.17. The molecule has 2 atom stereocenters. The van der Waals surface area contributed by atoms with Crippen molar-refractivity contribution in [2.24, 2.45) is 0 Å². The van der Waals surface area contributed by atoms with Crippen molar-refractivity contribution in [3.05, 3.63) is 35.6 Å². The van der Waals surface area contributed by atoms with Gasteiger partial charge in [-0.3, -0.25) is 0 Å². The molecule has 0 amide bonds. The molecule has 3 heteroatoms. The number of hydrogen-bond acceptors (Lipinski definition) is 2. The maximum absolute atomic E-state index is 13.3. The van der Waals surface area contributed by atoms with Crippen LogP contribution in [0.1, 0.15) is 64.0 Å². The van der Waals surface area contributed by atoms with Crippen molar-refractivity contribution in [3.8, 4) is 0 Å². The Bertz CT molecular complexity index is 429. The number of hydrogen-bond donors (Lipinski definition) is 2. The molecule has 2 nitrogen and oxygen atoms in total. The fourth-order valence-corrected chi connectivity index (χ4v) is 3.61. The fraction of sp³-hybridized carbons (Fsp3) is 0.647. The average Bonchev–Trinajstić information content (AvgIpc) is 2.83. The van der Waals surface area contributed by atoms with Crippen LogP contribution in [0.4, 0.5) is 4.39 Å². The van der Waals surface area contributed by atoms with E-state index in [0.717, 1.165) is 38.5 Å². The SMILES string of the molecule is CCCC1(CCC)CC[C@H]([C@@H](O)c2cccc(F)c2)N1. The van der Waals surface area contributed by atoms with Gasteiger partial charge in [0.25, 0.3) is 0 Å². The highest BCUT2D eigenvalue weighted by Crippen LogP contribution is 2.36. The van der Waals surface area contributed by atoms with Gasteiger partial charge >= 0.3 is 0 Å². The molecule has 112 valence electrons. The van der Waals surface area contributed by atoms with Crippen LogP contribution in [0.15, 0.2) is 24.3 Å².